The molecule has 0 amide bonds. The first-order valence-electron chi connectivity index (χ1n) is 5.80. The third kappa shape index (κ3) is 5.15. The monoisotopic (exact) mass is 276 g/mol. The maximum absolute atomic E-state index is 12.4. The van der Waals surface area contributed by atoms with Crippen molar-refractivity contribution in [1.82, 2.24) is 4.98 Å². The van der Waals surface area contributed by atoms with Gasteiger partial charge in [0.15, 0.2) is 0 Å². The number of carboxylic acids is 1. The lowest BCUT2D eigenvalue weighted by Crippen LogP contribution is -2.12. The van der Waals surface area contributed by atoms with E-state index < -0.39 is 23.6 Å². The van der Waals surface area contributed by atoms with Gasteiger partial charge < -0.3 is 10.4 Å². The number of nitrogens with zero attached hydrogens (tertiary/aromatic N) is 1. The van der Waals surface area contributed by atoms with E-state index in [1.165, 1.54) is 0 Å². The Hall–Kier alpha value is -1.79. The highest BCUT2D eigenvalue weighted by molar-refractivity contribution is 5.69. The molecule has 1 heterocycles. The van der Waals surface area contributed by atoms with E-state index in [1.54, 1.807) is 6.92 Å². The van der Waals surface area contributed by atoms with Gasteiger partial charge in [0.1, 0.15) is 5.82 Å². The van der Waals surface area contributed by atoms with Gasteiger partial charge in [0, 0.05) is 12.7 Å². The van der Waals surface area contributed by atoms with Crippen LogP contribution < -0.4 is 5.32 Å². The smallest absolute Gasteiger partial charge is 0.416 e. The van der Waals surface area contributed by atoms with Gasteiger partial charge in [-0.15, -0.1) is 0 Å². The zero-order chi connectivity index (χ0) is 14.5. The van der Waals surface area contributed by atoms with E-state index in [0.717, 1.165) is 18.3 Å². The van der Waals surface area contributed by atoms with Crippen LogP contribution in [0.1, 0.15) is 25.3 Å². The molecule has 1 aromatic heterocycles. The standard InChI is InChI=1S/C12H15F3N2O2/c1-8(11(18)19)3-2-5-16-10-7-9(4-6-17-10)12(13,14)15/h4,6-8H,2-3,5H2,1H3,(H,16,17)(H,18,19). The quantitative estimate of drug-likeness (QED) is 0.784. The molecular formula is C12H15F3N2O2. The van der Waals surface area contributed by atoms with Gasteiger partial charge in [0.2, 0.25) is 0 Å². The second-order valence-electron chi connectivity index (χ2n) is 4.24. The second-order valence-corrected chi connectivity index (χ2v) is 4.24. The van der Waals surface area contributed by atoms with Crippen molar-refractivity contribution in [1.29, 1.82) is 0 Å². The summed E-state index contributed by atoms with van der Waals surface area (Å²) in [5.41, 5.74) is -0.760. The van der Waals surface area contributed by atoms with Crippen molar-refractivity contribution in [2.45, 2.75) is 25.9 Å². The molecule has 0 saturated heterocycles. The number of pyridine rings is 1. The van der Waals surface area contributed by atoms with Crippen LogP contribution in [-0.2, 0) is 11.0 Å². The van der Waals surface area contributed by atoms with Crippen LogP contribution in [0.15, 0.2) is 18.3 Å². The van der Waals surface area contributed by atoms with Gasteiger partial charge in [0.25, 0.3) is 0 Å². The van der Waals surface area contributed by atoms with Gasteiger partial charge in [-0.25, -0.2) is 4.98 Å². The average Bonchev–Trinajstić information content (AvgIpc) is 2.33. The molecule has 1 rings (SSSR count). The predicted octanol–water partition coefficient (Wildman–Crippen LogP) is 3.01. The molecule has 0 spiro atoms. The van der Waals surface area contributed by atoms with Crippen LogP contribution in [0.4, 0.5) is 19.0 Å². The number of anilines is 1. The van der Waals surface area contributed by atoms with E-state index in [4.69, 9.17) is 5.11 Å². The van der Waals surface area contributed by atoms with Crippen molar-refractivity contribution >= 4 is 11.8 Å². The number of hydrogen-bond acceptors (Lipinski definition) is 3. The Morgan fingerprint density at radius 3 is 2.79 bits per heavy atom. The predicted molar refractivity (Wildman–Crippen MR) is 63.8 cm³/mol. The fraction of sp³-hybridized carbons (Fsp3) is 0.500. The Kier molecular flexibility index (Phi) is 5.14. The van der Waals surface area contributed by atoms with Crippen LogP contribution in [0.25, 0.3) is 0 Å². The Balaban J connectivity index is 2.44. The third-order valence-electron chi connectivity index (χ3n) is 2.63. The molecule has 0 aromatic carbocycles. The van der Waals surface area contributed by atoms with Crippen LogP contribution in [0, 0.1) is 5.92 Å². The molecule has 0 aliphatic heterocycles. The summed E-state index contributed by atoms with van der Waals surface area (Å²) in [6, 6.07) is 1.83. The summed E-state index contributed by atoms with van der Waals surface area (Å²) in [6.07, 6.45) is -2.30. The number of carbonyl (C=O) groups is 1. The molecule has 0 aliphatic rings. The van der Waals surface area contributed by atoms with E-state index in [1.807, 2.05) is 0 Å². The summed E-state index contributed by atoms with van der Waals surface area (Å²) >= 11 is 0. The summed E-state index contributed by atoms with van der Waals surface area (Å²) in [4.78, 5) is 14.3. The van der Waals surface area contributed by atoms with Crippen molar-refractivity contribution in [3.8, 4) is 0 Å². The number of halogens is 3. The summed E-state index contributed by atoms with van der Waals surface area (Å²) in [5.74, 6) is -1.20. The van der Waals surface area contributed by atoms with Crippen LogP contribution in [0.2, 0.25) is 0 Å². The highest BCUT2D eigenvalue weighted by Gasteiger charge is 2.30. The molecule has 106 valence electrons. The summed E-state index contributed by atoms with van der Waals surface area (Å²) in [6.45, 7) is 1.97. The van der Waals surface area contributed by atoms with Gasteiger partial charge >= 0.3 is 12.1 Å². The van der Waals surface area contributed by atoms with Crippen LogP contribution in [-0.4, -0.2) is 22.6 Å². The average molecular weight is 276 g/mol. The fourth-order valence-corrected chi connectivity index (χ4v) is 1.45. The third-order valence-corrected chi connectivity index (χ3v) is 2.63. The van der Waals surface area contributed by atoms with Crippen LogP contribution in [0.3, 0.4) is 0 Å². The molecule has 0 aliphatic carbocycles. The number of rotatable bonds is 6. The number of nitrogens with one attached hydrogen (secondary N) is 1. The molecule has 19 heavy (non-hydrogen) atoms. The zero-order valence-electron chi connectivity index (χ0n) is 10.4. The van der Waals surface area contributed by atoms with Crippen LogP contribution >= 0.6 is 0 Å². The van der Waals surface area contributed by atoms with Gasteiger partial charge in [-0.1, -0.05) is 6.92 Å². The van der Waals surface area contributed by atoms with Gasteiger partial charge in [0.05, 0.1) is 11.5 Å². The van der Waals surface area contributed by atoms with Gasteiger partial charge in [-0.2, -0.15) is 13.2 Å². The maximum atomic E-state index is 12.4. The van der Waals surface area contributed by atoms with Crippen LogP contribution in [0.5, 0.6) is 0 Å². The molecular weight excluding hydrogens is 261 g/mol. The molecule has 0 bridgehead atoms. The van der Waals surface area contributed by atoms with Crippen molar-refractivity contribution in [3.05, 3.63) is 23.9 Å². The summed E-state index contributed by atoms with van der Waals surface area (Å²) < 4.78 is 37.3. The highest BCUT2D eigenvalue weighted by atomic mass is 19.4. The first kappa shape index (κ1) is 15.3. The summed E-state index contributed by atoms with van der Waals surface area (Å²) in [7, 11) is 0. The first-order chi connectivity index (χ1) is 8.80. The molecule has 1 aromatic rings. The Morgan fingerprint density at radius 1 is 1.53 bits per heavy atom. The Labute approximate surface area is 108 Å². The van der Waals surface area contributed by atoms with Crippen molar-refractivity contribution in [2.24, 2.45) is 5.92 Å². The number of aliphatic carboxylic acids is 1. The minimum absolute atomic E-state index is 0.137. The largest absolute Gasteiger partial charge is 0.481 e. The van der Waals surface area contributed by atoms with Gasteiger partial charge in [-0.3, -0.25) is 4.79 Å². The number of alkyl halides is 3. The molecule has 4 nitrogen and oxygen atoms in total. The Bertz CT molecular complexity index is 435. The molecule has 2 N–H and O–H groups in total. The maximum Gasteiger partial charge on any atom is 0.416 e. The lowest BCUT2D eigenvalue weighted by molar-refractivity contribution is -0.141. The molecule has 1 unspecified atom stereocenters. The number of carboxylic acid groups (broad SMARTS) is 1. The van der Waals surface area contributed by atoms with E-state index in [2.05, 4.69) is 10.3 Å². The minimum atomic E-state index is -4.39. The van der Waals surface area contributed by atoms with Gasteiger partial charge in [-0.05, 0) is 25.0 Å². The zero-order valence-corrected chi connectivity index (χ0v) is 10.4. The molecule has 1 atom stereocenters. The molecule has 0 radical (unpaired) electrons. The molecule has 0 saturated carbocycles. The summed E-state index contributed by atoms with van der Waals surface area (Å²) in [5, 5.41) is 11.4. The first-order valence-corrected chi connectivity index (χ1v) is 5.80. The minimum Gasteiger partial charge on any atom is -0.481 e. The van der Waals surface area contributed by atoms with Crippen molar-refractivity contribution in [3.63, 3.8) is 0 Å². The normalized spacial score (nSPS) is 13.1. The van der Waals surface area contributed by atoms with Crippen molar-refractivity contribution < 1.29 is 23.1 Å². The van der Waals surface area contributed by atoms with E-state index in [-0.39, 0.29) is 5.82 Å². The van der Waals surface area contributed by atoms with E-state index in [9.17, 15) is 18.0 Å². The lowest BCUT2D eigenvalue weighted by atomic mass is 10.1. The number of aromatic nitrogens is 1. The second kappa shape index (κ2) is 6.40. The van der Waals surface area contributed by atoms with Crippen molar-refractivity contribution in [2.75, 3.05) is 11.9 Å². The molecule has 0 fully saturated rings. The van der Waals surface area contributed by atoms with E-state index >= 15 is 0 Å². The topological polar surface area (TPSA) is 62.2 Å². The van der Waals surface area contributed by atoms with E-state index in [0.29, 0.717) is 19.4 Å². The number of hydrogen-bond donors (Lipinski definition) is 2. The SMILES string of the molecule is CC(CCCNc1cc(C(F)(F)F)ccn1)C(=O)O. The fourth-order valence-electron chi connectivity index (χ4n) is 1.45. The lowest BCUT2D eigenvalue weighted by Gasteiger charge is -2.10. The molecule has 7 heteroatoms. The highest BCUT2D eigenvalue weighted by Crippen LogP contribution is 2.29. The Morgan fingerprint density at radius 2 is 2.21 bits per heavy atom.